The summed E-state index contributed by atoms with van der Waals surface area (Å²) >= 11 is 10.4. The predicted molar refractivity (Wildman–Crippen MR) is 52.8 cm³/mol. The van der Waals surface area contributed by atoms with Crippen LogP contribution in [0.4, 0.5) is 0 Å². The zero-order valence-electron chi connectivity index (χ0n) is 6.62. The molecule has 0 fully saturated rings. The van der Waals surface area contributed by atoms with E-state index in [1.165, 1.54) is 0 Å². The van der Waals surface area contributed by atoms with E-state index >= 15 is 0 Å². The van der Waals surface area contributed by atoms with Crippen molar-refractivity contribution in [2.24, 2.45) is 0 Å². The lowest BCUT2D eigenvalue weighted by atomic mass is 10.1. The zero-order chi connectivity index (χ0) is 9.84. The highest BCUT2D eigenvalue weighted by Crippen LogP contribution is 2.15. The third-order valence-electron chi connectivity index (χ3n) is 1.54. The lowest BCUT2D eigenvalue weighted by Gasteiger charge is -2.05. The van der Waals surface area contributed by atoms with Crippen LogP contribution in [0.1, 0.15) is 5.56 Å². The van der Waals surface area contributed by atoms with Gasteiger partial charge in [0.1, 0.15) is 0 Å². The van der Waals surface area contributed by atoms with E-state index in [1.807, 2.05) is 0 Å². The Hall–Kier alpha value is -0.930. The number of carboxylic acids is 1. The summed E-state index contributed by atoms with van der Waals surface area (Å²) in [5.74, 6) is -1.31. The summed E-state index contributed by atoms with van der Waals surface area (Å²) in [7, 11) is 0. The minimum atomic E-state index is -1.31. The second-order valence-corrected chi connectivity index (χ2v) is 3.38. The molecule has 0 saturated heterocycles. The van der Waals surface area contributed by atoms with Gasteiger partial charge in [0.15, 0.2) is 0 Å². The maximum Gasteiger partial charge on any atom is 0.0785 e. The zero-order valence-corrected chi connectivity index (χ0v) is 8.19. The van der Waals surface area contributed by atoms with Crippen molar-refractivity contribution >= 4 is 34.7 Å². The Kier molecular flexibility index (Phi) is 3.39. The Balaban J connectivity index is 2.81. The summed E-state index contributed by atoms with van der Waals surface area (Å²) in [5.41, 5.74) is 0.707. The summed E-state index contributed by atoms with van der Waals surface area (Å²) < 4.78 is 0. The lowest BCUT2D eigenvalue weighted by molar-refractivity contribution is -0.293. The number of carboxylic acid groups (broad SMARTS) is 1. The number of hydrogen-bond donors (Lipinski definition) is 0. The van der Waals surface area contributed by atoms with Gasteiger partial charge in [-0.2, -0.15) is 0 Å². The SMILES string of the molecule is O=C([O-])C(=S)Cc1ccccc1Cl. The molecule has 0 saturated carbocycles. The molecule has 2 nitrogen and oxygen atoms in total. The highest BCUT2D eigenvalue weighted by atomic mass is 35.5. The first-order chi connectivity index (χ1) is 6.11. The lowest BCUT2D eigenvalue weighted by Crippen LogP contribution is -2.31. The average Bonchev–Trinajstić information content (AvgIpc) is 2.08. The Morgan fingerprint density at radius 3 is 2.62 bits per heavy atom. The Morgan fingerprint density at radius 2 is 2.08 bits per heavy atom. The number of hydrogen-bond acceptors (Lipinski definition) is 3. The van der Waals surface area contributed by atoms with Crippen LogP contribution in [0.25, 0.3) is 0 Å². The van der Waals surface area contributed by atoms with Crippen molar-refractivity contribution in [1.82, 2.24) is 0 Å². The average molecular weight is 214 g/mol. The monoisotopic (exact) mass is 213 g/mol. The fourth-order valence-corrected chi connectivity index (χ4v) is 1.24. The van der Waals surface area contributed by atoms with E-state index in [-0.39, 0.29) is 11.3 Å². The molecule has 0 radical (unpaired) electrons. The molecule has 0 heterocycles. The molecule has 4 heteroatoms. The van der Waals surface area contributed by atoms with Gasteiger partial charge in [-0.3, -0.25) is 0 Å². The second-order valence-electron chi connectivity index (χ2n) is 2.48. The van der Waals surface area contributed by atoms with Crippen LogP contribution in [0.3, 0.4) is 0 Å². The number of carbonyl (C=O) groups is 1. The van der Waals surface area contributed by atoms with Crippen LogP contribution in [-0.2, 0) is 11.2 Å². The summed E-state index contributed by atoms with van der Waals surface area (Å²) in [6.45, 7) is 0. The Labute approximate surface area is 86.1 Å². The van der Waals surface area contributed by atoms with Crippen molar-refractivity contribution in [2.45, 2.75) is 6.42 Å². The molecule has 1 aromatic carbocycles. The summed E-state index contributed by atoms with van der Waals surface area (Å²) in [6, 6.07) is 6.97. The molecule has 0 amide bonds. The highest BCUT2D eigenvalue weighted by molar-refractivity contribution is 7.82. The third kappa shape index (κ3) is 2.79. The fourth-order valence-electron chi connectivity index (χ4n) is 0.887. The van der Waals surface area contributed by atoms with Crippen molar-refractivity contribution in [3.63, 3.8) is 0 Å². The molecule has 0 aliphatic carbocycles. The molecule has 0 atom stereocenters. The number of carbonyl (C=O) groups excluding carboxylic acids is 1. The van der Waals surface area contributed by atoms with E-state index in [9.17, 15) is 9.90 Å². The van der Waals surface area contributed by atoms with Gasteiger partial charge in [-0.15, -0.1) is 0 Å². The van der Waals surface area contributed by atoms with Gasteiger partial charge in [0, 0.05) is 16.3 Å². The molecule has 0 aromatic heterocycles. The van der Waals surface area contributed by atoms with Gasteiger partial charge in [-0.25, -0.2) is 0 Å². The molecule has 0 N–H and O–H groups in total. The van der Waals surface area contributed by atoms with Crippen LogP contribution in [0.15, 0.2) is 24.3 Å². The molecule has 1 aromatic rings. The minimum Gasteiger partial charge on any atom is -0.544 e. The van der Waals surface area contributed by atoms with Crippen molar-refractivity contribution in [3.05, 3.63) is 34.9 Å². The first-order valence-electron chi connectivity index (χ1n) is 3.59. The fraction of sp³-hybridized carbons (Fsp3) is 0.111. The van der Waals surface area contributed by atoms with Crippen molar-refractivity contribution in [3.8, 4) is 0 Å². The van der Waals surface area contributed by atoms with Crippen molar-refractivity contribution in [2.75, 3.05) is 0 Å². The molecular formula is C9H6ClO2S-. The predicted octanol–water partition coefficient (Wildman–Crippen LogP) is 1.00. The molecule has 1 rings (SSSR count). The summed E-state index contributed by atoms with van der Waals surface area (Å²) in [6.07, 6.45) is 0.150. The molecular weight excluding hydrogens is 208 g/mol. The molecule has 0 unspecified atom stereocenters. The molecule has 68 valence electrons. The molecule has 0 bridgehead atoms. The highest BCUT2D eigenvalue weighted by Gasteiger charge is 2.03. The summed E-state index contributed by atoms with van der Waals surface area (Å²) in [4.78, 5) is 10.2. The van der Waals surface area contributed by atoms with Crippen LogP contribution in [0.2, 0.25) is 5.02 Å². The Bertz CT molecular complexity index is 349. The van der Waals surface area contributed by atoms with Crippen LogP contribution in [0.5, 0.6) is 0 Å². The van der Waals surface area contributed by atoms with Gasteiger partial charge >= 0.3 is 0 Å². The smallest absolute Gasteiger partial charge is 0.0785 e. The van der Waals surface area contributed by atoms with Crippen LogP contribution in [0, 0.1) is 0 Å². The first-order valence-corrected chi connectivity index (χ1v) is 4.37. The van der Waals surface area contributed by atoms with E-state index in [1.54, 1.807) is 24.3 Å². The molecule has 0 aliphatic heterocycles. The maximum absolute atomic E-state index is 10.3. The molecule has 0 aliphatic rings. The van der Waals surface area contributed by atoms with E-state index in [0.29, 0.717) is 10.6 Å². The Morgan fingerprint density at radius 1 is 1.46 bits per heavy atom. The largest absolute Gasteiger partial charge is 0.544 e. The number of rotatable bonds is 3. The van der Waals surface area contributed by atoms with E-state index in [2.05, 4.69) is 12.2 Å². The number of benzene rings is 1. The van der Waals surface area contributed by atoms with E-state index < -0.39 is 5.97 Å². The normalized spacial score (nSPS) is 9.62. The molecule has 13 heavy (non-hydrogen) atoms. The van der Waals surface area contributed by atoms with Gasteiger partial charge in [0.25, 0.3) is 0 Å². The molecule has 0 spiro atoms. The van der Waals surface area contributed by atoms with Crippen molar-refractivity contribution in [1.29, 1.82) is 0 Å². The van der Waals surface area contributed by atoms with Gasteiger partial charge < -0.3 is 9.90 Å². The maximum atomic E-state index is 10.3. The third-order valence-corrected chi connectivity index (χ3v) is 2.22. The quantitative estimate of drug-likeness (QED) is 0.704. The number of thiocarbonyl (C=S) groups is 1. The van der Waals surface area contributed by atoms with Gasteiger partial charge in [-0.05, 0) is 11.6 Å². The number of aliphatic carboxylic acids is 1. The van der Waals surface area contributed by atoms with Gasteiger partial charge in [0.05, 0.1) is 5.97 Å². The summed E-state index contributed by atoms with van der Waals surface area (Å²) in [5, 5.41) is 10.8. The van der Waals surface area contributed by atoms with E-state index in [4.69, 9.17) is 11.6 Å². The minimum absolute atomic E-state index is 0.131. The first kappa shape index (κ1) is 10.2. The van der Waals surface area contributed by atoms with Crippen molar-refractivity contribution < 1.29 is 9.90 Å². The topological polar surface area (TPSA) is 40.1 Å². The standard InChI is InChI=1S/C9H7ClO2S/c10-7-4-2-1-3-6(7)5-8(13)9(11)12/h1-4H,5H2,(H,11,12)/p-1. The van der Waals surface area contributed by atoms with Gasteiger partial charge in [0.2, 0.25) is 0 Å². The van der Waals surface area contributed by atoms with Crippen LogP contribution < -0.4 is 5.11 Å². The van der Waals surface area contributed by atoms with Gasteiger partial charge in [-0.1, -0.05) is 42.0 Å². The van der Waals surface area contributed by atoms with Crippen LogP contribution in [-0.4, -0.2) is 10.8 Å². The van der Waals surface area contributed by atoms with E-state index in [0.717, 1.165) is 0 Å². The number of halogens is 1. The second kappa shape index (κ2) is 4.35. The van der Waals surface area contributed by atoms with Crippen LogP contribution >= 0.6 is 23.8 Å².